The van der Waals surface area contributed by atoms with Crippen LogP contribution in [0, 0.1) is 0 Å². The molecule has 1 aliphatic rings. The molecule has 0 N–H and O–H groups in total. The molecule has 4 nitrogen and oxygen atoms in total. The van der Waals surface area contributed by atoms with Gasteiger partial charge >= 0.3 is 0 Å². The predicted octanol–water partition coefficient (Wildman–Crippen LogP) is 1.82. The van der Waals surface area contributed by atoms with Gasteiger partial charge in [-0.15, -0.1) is 0 Å². The van der Waals surface area contributed by atoms with Crippen molar-refractivity contribution in [2.75, 3.05) is 21.2 Å². The summed E-state index contributed by atoms with van der Waals surface area (Å²) in [6.07, 6.45) is 4.25. The second-order valence-electron chi connectivity index (χ2n) is 4.77. The number of ether oxygens (including phenoxy) is 1. The van der Waals surface area contributed by atoms with Crippen LogP contribution in [0.2, 0.25) is 0 Å². The molecule has 18 heavy (non-hydrogen) atoms. The van der Waals surface area contributed by atoms with Crippen molar-refractivity contribution in [3.63, 3.8) is 0 Å². The van der Waals surface area contributed by atoms with Crippen molar-refractivity contribution in [3.8, 4) is 5.75 Å². The summed E-state index contributed by atoms with van der Waals surface area (Å²) in [4.78, 5) is 0.274. The van der Waals surface area contributed by atoms with E-state index < -0.39 is 10.0 Å². The fourth-order valence-corrected chi connectivity index (χ4v) is 3.38. The molecule has 1 aromatic rings. The molecule has 1 aromatic carbocycles. The van der Waals surface area contributed by atoms with Crippen LogP contribution >= 0.6 is 0 Å². The zero-order valence-corrected chi connectivity index (χ0v) is 11.9. The first kappa shape index (κ1) is 13.4. The third-order valence-electron chi connectivity index (χ3n) is 3.39. The summed E-state index contributed by atoms with van der Waals surface area (Å²) in [6.45, 7) is 0. The Morgan fingerprint density at radius 3 is 2.17 bits per heavy atom. The SMILES string of the molecule is COc1cc2c(cc1S(=O)(=O)N(C)C)CCCC2. The van der Waals surface area contributed by atoms with Gasteiger partial charge in [0.1, 0.15) is 10.6 Å². The van der Waals surface area contributed by atoms with Crippen molar-refractivity contribution >= 4 is 10.0 Å². The molecule has 0 radical (unpaired) electrons. The van der Waals surface area contributed by atoms with Gasteiger partial charge in [0.15, 0.2) is 0 Å². The normalized spacial score (nSPS) is 15.6. The van der Waals surface area contributed by atoms with E-state index in [0.29, 0.717) is 5.75 Å². The highest BCUT2D eigenvalue weighted by atomic mass is 32.2. The monoisotopic (exact) mass is 269 g/mol. The highest BCUT2D eigenvalue weighted by Gasteiger charge is 2.24. The molecule has 0 fully saturated rings. The van der Waals surface area contributed by atoms with Gasteiger partial charge in [-0.1, -0.05) is 0 Å². The number of rotatable bonds is 3. The van der Waals surface area contributed by atoms with E-state index in [1.54, 1.807) is 6.07 Å². The molecule has 0 heterocycles. The van der Waals surface area contributed by atoms with Gasteiger partial charge in [-0.25, -0.2) is 12.7 Å². The van der Waals surface area contributed by atoms with E-state index in [4.69, 9.17) is 4.74 Å². The van der Waals surface area contributed by atoms with Crippen LogP contribution < -0.4 is 4.74 Å². The molecule has 1 aliphatic carbocycles. The summed E-state index contributed by atoms with van der Waals surface area (Å²) in [6, 6.07) is 3.66. The summed E-state index contributed by atoms with van der Waals surface area (Å²) in [5, 5.41) is 0. The van der Waals surface area contributed by atoms with E-state index in [2.05, 4.69) is 0 Å². The lowest BCUT2D eigenvalue weighted by Crippen LogP contribution is -2.23. The first-order valence-electron chi connectivity index (χ1n) is 6.09. The molecule has 100 valence electrons. The highest BCUT2D eigenvalue weighted by molar-refractivity contribution is 7.89. The minimum Gasteiger partial charge on any atom is -0.495 e. The molecule has 0 aliphatic heterocycles. The van der Waals surface area contributed by atoms with E-state index >= 15 is 0 Å². The van der Waals surface area contributed by atoms with Crippen LogP contribution in [0.15, 0.2) is 17.0 Å². The lowest BCUT2D eigenvalue weighted by atomic mass is 9.92. The molecule has 2 rings (SSSR count). The molecule has 5 heteroatoms. The number of methoxy groups -OCH3 is 1. The molecule has 0 aromatic heterocycles. The van der Waals surface area contributed by atoms with Crippen molar-refractivity contribution in [2.24, 2.45) is 0 Å². The average molecular weight is 269 g/mol. The van der Waals surface area contributed by atoms with Crippen molar-refractivity contribution in [2.45, 2.75) is 30.6 Å². The smallest absolute Gasteiger partial charge is 0.246 e. The molecule has 0 atom stereocenters. The number of hydrogen-bond donors (Lipinski definition) is 0. The van der Waals surface area contributed by atoms with Crippen LogP contribution in [0.4, 0.5) is 0 Å². The van der Waals surface area contributed by atoms with Gasteiger partial charge in [-0.05, 0) is 48.9 Å². The van der Waals surface area contributed by atoms with Crippen LogP contribution in [-0.2, 0) is 22.9 Å². The summed E-state index contributed by atoms with van der Waals surface area (Å²) < 4.78 is 31.0. The van der Waals surface area contributed by atoms with Gasteiger partial charge in [0, 0.05) is 14.1 Å². The van der Waals surface area contributed by atoms with Gasteiger partial charge in [-0.3, -0.25) is 0 Å². The maximum absolute atomic E-state index is 12.2. The van der Waals surface area contributed by atoms with Crippen molar-refractivity contribution in [1.29, 1.82) is 0 Å². The van der Waals surface area contributed by atoms with Crippen LogP contribution in [0.5, 0.6) is 5.75 Å². The van der Waals surface area contributed by atoms with Crippen molar-refractivity contribution < 1.29 is 13.2 Å². The quantitative estimate of drug-likeness (QED) is 0.841. The summed E-state index contributed by atoms with van der Waals surface area (Å²) in [7, 11) is 1.14. The maximum Gasteiger partial charge on any atom is 0.246 e. The number of benzene rings is 1. The number of fused-ring (bicyclic) bond motifs is 1. The Morgan fingerprint density at radius 1 is 1.11 bits per heavy atom. The van der Waals surface area contributed by atoms with Crippen molar-refractivity contribution in [1.82, 2.24) is 4.31 Å². The second kappa shape index (κ2) is 4.90. The Hall–Kier alpha value is -1.07. The lowest BCUT2D eigenvalue weighted by Gasteiger charge is -2.20. The van der Waals surface area contributed by atoms with E-state index in [9.17, 15) is 8.42 Å². The van der Waals surface area contributed by atoms with E-state index in [0.717, 1.165) is 31.2 Å². The minimum absolute atomic E-state index is 0.274. The van der Waals surface area contributed by atoms with E-state index in [1.807, 2.05) is 6.07 Å². The second-order valence-corrected chi connectivity index (χ2v) is 6.89. The molecule has 0 saturated carbocycles. The zero-order valence-electron chi connectivity index (χ0n) is 11.1. The van der Waals surface area contributed by atoms with Gasteiger partial charge in [0.05, 0.1) is 7.11 Å². The van der Waals surface area contributed by atoms with Gasteiger partial charge in [-0.2, -0.15) is 0 Å². The van der Waals surface area contributed by atoms with Crippen LogP contribution in [0.1, 0.15) is 24.0 Å². The Bertz CT molecular complexity index is 550. The van der Waals surface area contributed by atoms with Crippen LogP contribution in [0.3, 0.4) is 0 Å². The number of nitrogens with zero attached hydrogens (tertiary/aromatic N) is 1. The standard InChI is InChI=1S/C13H19NO3S/c1-14(2)18(15,16)13-9-11-7-5-4-6-10(11)8-12(13)17-3/h8-9H,4-7H2,1-3H3. The highest BCUT2D eigenvalue weighted by Crippen LogP contribution is 2.32. The Balaban J connectivity index is 2.60. The molecule has 0 spiro atoms. The molecule has 0 unspecified atom stereocenters. The topological polar surface area (TPSA) is 46.6 Å². The predicted molar refractivity (Wildman–Crippen MR) is 70.5 cm³/mol. The third kappa shape index (κ3) is 2.24. The van der Waals surface area contributed by atoms with Crippen LogP contribution in [-0.4, -0.2) is 33.9 Å². The van der Waals surface area contributed by atoms with Gasteiger partial charge in [0.25, 0.3) is 0 Å². The van der Waals surface area contributed by atoms with Crippen molar-refractivity contribution in [3.05, 3.63) is 23.3 Å². The molecular weight excluding hydrogens is 250 g/mol. The third-order valence-corrected chi connectivity index (χ3v) is 5.22. The van der Waals surface area contributed by atoms with E-state index in [1.165, 1.54) is 31.1 Å². The first-order valence-corrected chi connectivity index (χ1v) is 7.53. The Kier molecular flexibility index (Phi) is 3.64. The fraction of sp³-hybridized carbons (Fsp3) is 0.538. The lowest BCUT2D eigenvalue weighted by molar-refractivity contribution is 0.399. The van der Waals surface area contributed by atoms with Gasteiger partial charge < -0.3 is 4.74 Å². The molecular formula is C13H19NO3S. The Labute approximate surface area is 109 Å². The summed E-state index contributed by atoms with van der Waals surface area (Å²) >= 11 is 0. The Morgan fingerprint density at radius 2 is 1.67 bits per heavy atom. The van der Waals surface area contributed by atoms with E-state index in [-0.39, 0.29) is 4.90 Å². The average Bonchev–Trinajstić information content (AvgIpc) is 2.36. The number of aryl methyl sites for hydroxylation is 2. The van der Waals surface area contributed by atoms with Gasteiger partial charge in [0.2, 0.25) is 10.0 Å². The first-order chi connectivity index (χ1) is 8.46. The number of hydrogen-bond acceptors (Lipinski definition) is 3. The molecule has 0 bridgehead atoms. The molecule has 0 amide bonds. The summed E-state index contributed by atoms with van der Waals surface area (Å²) in [5.74, 6) is 0.448. The summed E-state index contributed by atoms with van der Waals surface area (Å²) in [5.41, 5.74) is 2.36. The number of sulfonamides is 1. The fourth-order valence-electron chi connectivity index (χ4n) is 2.30. The zero-order chi connectivity index (χ0) is 13.3. The minimum atomic E-state index is -3.44. The largest absolute Gasteiger partial charge is 0.495 e. The van der Waals surface area contributed by atoms with Crippen LogP contribution in [0.25, 0.3) is 0 Å². The molecule has 0 saturated heterocycles. The maximum atomic E-state index is 12.2.